The molecule has 1 atom stereocenters. The highest BCUT2D eigenvalue weighted by molar-refractivity contribution is 7.91. The first kappa shape index (κ1) is 18.6. The number of hydrogen-bond acceptors (Lipinski definition) is 5. The highest BCUT2D eigenvalue weighted by Gasteiger charge is 2.32. The maximum Gasteiger partial charge on any atom is 0.271 e. The van der Waals surface area contributed by atoms with Gasteiger partial charge in [0.1, 0.15) is 0 Å². The van der Waals surface area contributed by atoms with Crippen LogP contribution in [0.5, 0.6) is 0 Å². The topological polar surface area (TPSA) is 90.3 Å². The molecule has 1 fully saturated rings. The van der Waals surface area contributed by atoms with Crippen molar-refractivity contribution in [2.45, 2.75) is 19.4 Å². The standard InChI is InChI=1S/C18H23N3O4S/c1-13-3-5-14(6-4-13)17-11-16(18(22)19-8-9-25-2)20-21(17)15-7-10-26(23,24)12-15/h3-6,11,15H,7-10,12H2,1-2H3,(H,19,22)/t15-/m0/s1. The molecule has 3 rings (SSSR count). The Labute approximate surface area is 153 Å². The summed E-state index contributed by atoms with van der Waals surface area (Å²) in [6.45, 7) is 2.80. The monoisotopic (exact) mass is 377 g/mol. The molecule has 2 heterocycles. The average Bonchev–Trinajstić information content (AvgIpc) is 3.19. The Kier molecular flexibility index (Phi) is 5.43. The van der Waals surface area contributed by atoms with Crippen molar-refractivity contribution in [2.24, 2.45) is 0 Å². The highest BCUT2D eigenvalue weighted by atomic mass is 32.2. The van der Waals surface area contributed by atoms with Crippen molar-refractivity contribution >= 4 is 15.7 Å². The molecule has 26 heavy (non-hydrogen) atoms. The zero-order valence-electron chi connectivity index (χ0n) is 14.9. The average molecular weight is 377 g/mol. The minimum Gasteiger partial charge on any atom is -0.383 e. The number of sulfone groups is 1. The van der Waals surface area contributed by atoms with Gasteiger partial charge in [-0.05, 0) is 25.0 Å². The van der Waals surface area contributed by atoms with Gasteiger partial charge in [0, 0.05) is 13.7 Å². The molecule has 2 aromatic rings. The minimum absolute atomic E-state index is 0.0538. The van der Waals surface area contributed by atoms with Crippen LogP contribution < -0.4 is 5.32 Å². The van der Waals surface area contributed by atoms with Gasteiger partial charge in [0.2, 0.25) is 0 Å². The largest absolute Gasteiger partial charge is 0.383 e. The predicted molar refractivity (Wildman–Crippen MR) is 98.9 cm³/mol. The van der Waals surface area contributed by atoms with Gasteiger partial charge in [-0.2, -0.15) is 5.10 Å². The number of methoxy groups -OCH3 is 1. The Morgan fingerprint density at radius 3 is 2.69 bits per heavy atom. The first-order chi connectivity index (χ1) is 12.4. The maximum atomic E-state index is 12.4. The van der Waals surface area contributed by atoms with E-state index in [4.69, 9.17) is 4.74 Å². The third-order valence-corrected chi connectivity index (χ3v) is 6.21. The minimum atomic E-state index is -3.06. The molecule has 8 heteroatoms. The number of carbonyl (C=O) groups is 1. The van der Waals surface area contributed by atoms with Crippen LogP contribution in [0.15, 0.2) is 30.3 Å². The lowest BCUT2D eigenvalue weighted by molar-refractivity contribution is 0.0931. The van der Waals surface area contributed by atoms with E-state index < -0.39 is 9.84 Å². The lowest BCUT2D eigenvalue weighted by Crippen LogP contribution is -2.27. The number of nitrogens with zero attached hydrogens (tertiary/aromatic N) is 2. The first-order valence-corrected chi connectivity index (χ1v) is 10.4. The molecule has 0 radical (unpaired) electrons. The molecule has 0 bridgehead atoms. The van der Waals surface area contributed by atoms with Crippen LogP contribution in [0.25, 0.3) is 11.3 Å². The summed E-state index contributed by atoms with van der Waals surface area (Å²) in [6.07, 6.45) is 0.508. The maximum absolute atomic E-state index is 12.4. The summed E-state index contributed by atoms with van der Waals surface area (Å²) in [6, 6.07) is 9.35. The lowest BCUT2D eigenvalue weighted by Gasteiger charge is -2.13. The van der Waals surface area contributed by atoms with Crippen LogP contribution in [0.1, 0.15) is 28.5 Å². The second-order valence-electron chi connectivity index (χ2n) is 6.53. The molecule has 0 spiro atoms. The summed E-state index contributed by atoms with van der Waals surface area (Å²) >= 11 is 0. The van der Waals surface area contributed by atoms with Gasteiger partial charge in [-0.1, -0.05) is 29.8 Å². The van der Waals surface area contributed by atoms with Gasteiger partial charge in [0.15, 0.2) is 15.5 Å². The number of carbonyl (C=O) groups excluding carboxylic acids is 1. The molecule has 0 saturated carbocycles. The highest BCUT2D eigenvalue weighted by Crippen LogP contribution is 2.30. The summed E-state index contributed by atoms with van der Waals surface area (Å²) in [5.74, 6) is -0.0894. The first-order valence-electron chi connectivity index (χ1n) is 8.54. The van der Waals surface area contributed by atoms with E-state index in [2.05, 4.69) is 10.4 Å². The molecule has 1 saturated heterocycles. The molecular formula is C18H23N3O4S. The fourth-order valence-corrected chi connectivity index (χ4v) is 4.74. The summed E-state index contributed by atoms with van der Waals surface area (Å²) < 4.78 is 30.4. The second-order valence-corrected chi connectivity index (χ2v) is 8.76. The van der Waals surface area contributed by atoms with Crippen molar-refractivity contribution < 1.29 is 17.9 Å². The van der Waals surface area contributed by atoms with Crippen molar-refractivity contribution in [3.8, 4) is 11.3 Å². The van der Waals surface area contributed by atoms with Crippen LogP contribution in [0.4, 0.5) is 0 Å². The van der Waals surface area contributed by atoms with Gasteiger partial charge >= 0.3 is 0 Å². The third-order valence-electron chi connectivity index (χ3n) is 4.46. The molecule has 1 N–H and O–H groups in total. The van der Waals surface area contributed by atoms with Crippen molar-refractivity contribution in [1.82, 2.24) is 15.1 Å². The molecule has 0 aliphatic carbocycles. The number of benzene rings is 1. The summed E-state index contributed by atoms with van der Waals surface area (Å²) in [7, 11) is -1.49. The molecule has 1 aliphatic heterocycles. The molecule has 1 aromatic carbocycles. The van der Waals surface area contributed by atoms with E-state index >= 15 is 0 Å². The molecule has 1 amide bonds. The van der Waals surface area contributed by atoms with Crippen molar-refractivity contribution in [3.05, 3.63) is 41.6 Å². The number of hydrogen-bond donors (Lipinski definition) is 1. The predicted octanol–water partition coefficient (Wildman–Crippen LogP) is 1.59. The Hall–Kier alpha value is -2.19. The summed E-state index contributed by atoms with van der Waals surface area (Å²) in [5.41, 5.74) is 3.06. The number of nitrogens with one attached hydrogen (secondary N) is 1. The fourth-order valence-electron chi connectivity index (χ4n) is 3.05. The molecule has 1 aromatic heterocycles. The van der Waals surface area contributed by atoms with Gasteiger partial charge in [-0.25, -0.2) is 8.42 Å². The van der Waals surface area contributed by atoms with E-state index in [-0.39, 0.29) is 29.1 Å². The zero-order chi connectivity index (χ0) is 18.7. The van der Waals surface area contributed by atoms with Gasteiger partial charge in [-0.15, -0.1) is 0 Å². The van der Waals surface area contributed by atoms with E-state index in [1.165, 1.54) is 0 Å². The number of aromatic nitrogens is 2. The van der Waals surface area contributed by atoms with E-state index in [0.29, 0.717) is 19.6 Å². The fraction of sp³-hybridized carbons (Fsp3) is 0.444. The van der Waals surface area contributed by atoms with E-state index in [0.717, 1.165) is 16.8 Å². The molecular weight excluding hydrogens is 354 g/mol. The smallest absolute Gasteiger partial charge is 0.271 e. The van der Waals surface area contributed by atoms with E-state index in [1.54, 1.807) is 17.9 Å². The molecule has 7 nitrogen and oxygen atoms in total. The summed E-state index contributed by atoms with van der Waals surface area (Å²) in [4.78, 5) is 12.4. The quantitative estimate of drug-likeness (QED) is 0.772. The summed E-state index contributed by atoms with van der Waals surface area (Å²) in [5, 5.41) is 7.18. The van der Waals surface area contributed by atoms with Crippen LogP contribution in [0, 0.1) is 6.92 Å². The number of amides is 1. The van der Waals surface area contributed by atoms with Crippen LogP contribution in [0.2, 0.25) is 0 Å². The molecule has 0 unspecified atom stereocenters. The van der Waals surface area contributed by atoms with Gasteiger partial charge < -0.3 is 10.1 Å². The van der Waals surface area contributed by atoms with E-state index in [9.17, 15) is 13.2 Å². The van der Waals surface area contributed by atoms with Crippen molar-refractivity contribution in [3.63, 3.8) is 0 Å². The zero-order valence-corrected chi connectivity index (χ0v) is 15.8. The van der Waals surface area contributed by atoms with Crippen LogP contribution >= 0.6 is 0 Å². The van der Waals surface area contributed by atoms with Crippen molar-refractivity contribution in [1.29, 1.82) is 0 Å². The van der Waals surface area contributed by atoms with E-state index in [1.807, 2.05) is 31.2 Å². The van der Waals surface area contributed by atoms with Crippen LogP contribution in [-0.2, 0) is 14.6 Å². The third kappa shape index (κ3) is 4.13. The van der Waals surface area contributed by atoms with Crippen LogP contribution in [-0.4, -0.2) is 55.9 Å². The lowest BCUT2D eigenvalue weighted by atomic mass is 10.1. The molecule has 1 aliphatic rings. The number of ether oxygens (including phenoxy) is 1. The SMILES string of the molecule is COCCNC(=O)c1cc(-c2ccc(C)cc2)n([C@H]2CCS(=O)(=O)C2)n1. The number of aryl methyl sites for hydroxylation is 1. The van der Waals surface area contributed by atoms with Gasteiger partial charge in [0.05, 0.1) is 29.8 Å². The Balaban J connectivity index is 1.95. The Bertz CT molecular complexity index is 888. The van der Waals surface area contributed by atoms with Crippen molar-refractivity contribution in [2.75, 3.05) is 31.8 Å². The number of rotatable bonds is 6. The van der Waals surface area contributed by atoms with Gasteiger partial charge in [-0.3, -0.25) is 9.48 Å². The second kappa shape index (κ2) is 7.59. The normalized spacial score (nSPS) is 18.8. The van der Waals surface area contributed by atoms with Gasteiger partial charge in [0.25, 0.3) is 5.91 Å². The Morgan fingerprint density at radius 2 is 2.08 bits per heavy atom. The molecule has 140 valence electrons. The van der Waals surface area contributed by atoms with Crippen LogP contribution in [0.3, 0.4) is 0 Å². The Morgan fingerprint density at radius 1 is 1.35 bits per heavy atom.